The van der Waals surface area contributed by atoms with Crippen LogP contribution in [-0.2, 0) is 16.0 Å². The maximum atomic E-state index is 12.1. The van der Waals surface area contributed by atoms with E-state index < -0.39 is 0 Å². The summed E-state index contributed by atoms with van der Waals surface area (Å²) >= 11 is 0. The van der Waals surface area contributed by atoms with Crippen LogP contribution in [0.15, 0.2) is 12.3 Å². The van der Waals surface area contributed by atoms with Gasteiger partial charge in [0.15, 0.2) is 0 Å². The number of hydrogen-bond donors (Lipinski definition) is 2. The maximum absolute atomic E-state index is 12.1. The number of piperidine rings is 1. The molecule has 19 heavy (non-hydrogen) atoms. The molecule has 102 valence electrons. The number of nitrogens with one attached hydrogen (secondary N) is 2. The first-order chi connectivity index (χ1) is 9.17. The normalized spacial score (nSPS) is 21.7. The molecule has 0 radical (unpaired) electrons. The minimum absolute atomic E-state index is 0.0991. The van der Waals surface area contributed by atoms with Crippen molar-refractivity contribution in [3.63, 3.8) is 0 Å². The first-order valence-electron chi connectivity index (χ1n) is 6.70. The monoisotopic (exact) mass is 262 g/mol. The van der Waals surface area contributed by atoms with Gasteiger partial charge in [-0.15, -0.1) is 0 Å². The second-order valence-corrected chi connectivity index (χ2v) is 5.59. The lowest BCUT2D eigenvalue weighted by Crippen LogP contribution is -2.44. The highest BCUT2D eigenvalue weighted by atomic mass is 16.2. The molecule has 0 aromatic carbocycles. The van der Waals surface area contributed by atoms with Crippen LogP contribution in [0.25, 0.3) is 0 Å². The second kappa shape index (κ2) is 4.68. The van der Waals surface area contributed by atoms with E-state index in [2.05, 4.69) is 15.5 Å². The number of likely N-dealkylation sites (tertiary alicyclic amines) is 1. The molecule has 2 amide bonds. The highest BCUT2D eigenvalue weighted by molar-refractivity contribution is 5.80. The minimum Gasteiger partial charge on any atom is -0.356 e. The molecule has 2 aliphatic rings. The second-order valence-electron chi connectivity index (χ2n) is 5.59. The van der Waals surface area contributed by atoms with Crippen molar-refractivity contribution in [2.24, 2.45) is 5.41 Å². The molecule has 3 rings (SSSR count). The van der Waals surface area contributed by atoms with Gasteiger partial charge in [0.1, 0.15) is 0 Å². The van der Waals surface area contributed by atoms with Gasteiger partial charge in [0.25, 0.3) is 0 Å². The summed E-state index contributed by atoms with van der Waals surface area (Å²) < 4.78 is 0. The van der Waals surface area contributed by atoms with Crippen molar-refractivity contribution in [3.05, 3.63) is 18.0 Å². The summed E-state index contributed by atoms with van der Waals surface area (Å²) in [5.41, 5.74) is 0.949. The van der Waals surface area contributed by atoms with Gasteiger partial charge in [0, 0.05) is 37.9 Å². The van der Waals surface area contributed by atoms with E-state index >= 15 is 0 Å². The summed E-state index contributed by atoms with van der Waals surface area (Å²) in [6.07, 6.45) is 4.49. The fraction of sp³-hybridized carbons (Fsp3) is 0.615. The summed E-state index contributed by atoms with van der Waals surface area (Å²) in [4.78, 5) is 25.4. The Bertz CT molecular complexity index is 475. The molecule has 1 aromatic rings. The molecular formula is C13H18N4O2. The van der Waals surface area contributed by atoms with Crippen molar-refractivity contribution in [3.8, 4) is 0 Å². The molecule has 0 atom stereocenters. The number of carbonyl (C=O) groups is 2. The van der Waals surface area contributed by atoms with Crippen LogP contribution in [0.4, 0.5) is 0 Å². The summed E-state index contributed by atoms with van der Waals surface area (Å²) in [5.74, 6) is 0.286. The van der Waals surface area contributed by atoms with Crippen LogP contribution in [0.1, 0.15) is 25.0 Å². The van der Waals surface area contributed by atoms with Crippen LogP contribution < -0.4 is 5.32 Å². The molecule has 2 aliphatic heterocycles. The molecule has 3 heterocycles. The first kappa shape index (κ1) is 12.2. The van der Waals surface area contributed by atoms with Crippen molar-refractivity contribution >= 4 is 11.8 Å². The number of nitrogens with zero attached hydrogens (tertiary/aromatic N) is 2. The Balaban J connectivity index is 1.55. The van der Waals surface area contributed by atoms with Crippen LogP contribution in [-0.4, -0.2) is 46.5 Å². The fourth-order valence-corrected chi connectivity index (χ4v) is 2.99. The zero-order valence-electron chi connectivity index (χ0n) is 10.8. The number of aromatic amines is 1. The molecule has 2 saturated heterocycles. The van der Waals surface area contributed by atoms with Gasteiger partial charge in [0.2, 0.25) is 11.8 Å². The summed E-state index contributed by atoms with van der Waals surface area (Å²) in [5, 5.41) is 9.56. The maximum Gasteiger partial charge on any atom is 0.228 e. The number of amides is 2. The highest BCUT2D eigenvalue weighted by Gasteiger charge is 2.41. The van der Waals surface area contributed by atoms with Gasteiger partial charge < -0.3 is 10.2 Å². The molecule has 2 fully saturated rings. The Kier molecular flexibility index (Phi) is 3.00. The number of aromatic nitrogens is 2. The predicted molar refractivity (Wildman–Crippen MR) is 68.2 cm³/mol. The molecule has 6 heteroatoms. The molecule has 0 unspecified atom stereocenters. The molecule has 0 aliphatic carbocycles. The number of H-pyrrole nitrogens is 1. The third-order valence-electron chi connectivity index (χ3n) is 4.27. The first-order valence-corrected chi connectivity index (χ1v) is 6.70. The van der Waals surface area contributed by atoms with Crippen LogP contribution in [0, 0.1) is 5.41 Å². The van der Waals surface area contributed by atoms with Crippen molar-refractivity contribution in [1.82, 2.24) is 20.4 Å². The highest BCUT2D eigenvalue weighted by Crippen LogP contribution is 2.37. The third kappa shape index (κ3) is 2.47. The molecule has 0 saturated carbocycles. The standard InChI is InChI=1S/C13H18N4O2/c18-11-8-13(9-14-11)2-5-17(6-3-13)12(19)7-10-1-4-15-16-10/h1,4H,2-3,5-9H2,(H,14,18)(H,15,16). The average molecular weight is 262 g/mol. The van der Waals surface area contributed by atoms with E-state index in [0.717, 1.165) is 38.2 Å². The largest absolute Gasteiger partial charge is 0.356 e. The third-order valence-corrected chi connectivity index (χ3v) is 4.27. The van der Waals surface area contributed by atoms with E-state index in [1.165, 1.54) is 0 Å². The number of hydrogen-bond acceptors (Lipinski definition) is 3. The van der Waals surface area contributed by atoms with E-state index in [1.807, 2.05) is 11.0 Å². The lowest BCUT2D eigenvalue weighted by molar-refractivity contribution is -0.132. The Labute approximate surface area is 111 Å². The van der Waals surface area contributed by atoms with E-state index in [-0.39, 0.29) is 17.2 Å². The van der Waals surface area contributed by atoms with Crippen LogP contribution in [0.3, 0.4) is 0 Å². The molecule has 2 N–H and O–H groups in total. The van der Waals surface area contributed by atoms with Crippen LogP contribution >= 0.6 is 0 Å². The minimum atomic E-state index is 0.0991. The Morgan fingerprint density at radius 2 is 2.21 bits per heavy atom. The lowest BCUT2D eigenvalue weighted by Gasteiger charge is -2.38. The quantitative estimate of drug-likeness (QED) is 0.792. The van der Waals surface area contributed by atoms with E-state index in [1.54, 1.807) is 6.20 Å². The average Bonchev–Trinajstić information content (AvgIpc) is 3.01. The van der Waals surface area contributed by atoms with Gasteiger partial charge in [0.05, 0.1) is 6.42 Å². The smallest absolute Gasteiger partial charge is 0.228 e. The van der Waals surface area contributed by atoms with Gasteiger partial charge in [-0.05, 0) is 24.3 Å². The predicted octanol–water partition coefficient (Wildman–Crippen LogP) is 0.0809. The molecule has 6 nitrogen and oxygen atoms in total. The van der Waals surface area contributed by atoms with Gasteiger partial charge in [-0.25, -0.2) is 0 Å². The van der Waals surface area contributed by atoms with Gasteiger partial charge in [-0.3, -0.25) is 14.7 Å². The molecule has 1 aromatic heterocycles. The van der Waals surface area contributed by atoms with E-state index in [0.29, 0.717) is 12.8 Å². The Morgan fingerprint density at radius 3 is 2.79 bits per heavy atom. The zero-order chi connectivity index (χ0) is 13.3. The van der Waals surface area contributed by atoms with Gasteiger partial charge >= 0.3 is 0 Å². The lowest BCUT2D eigenvalue weighted by atomic mass is 9.77. The van der Waals surface area contributed by atoms with E-state index in [9.17, 15) is 9.59 Å². The van der Waals surface area contributed by atoms with Crippen LogP contribution in [0.2, 0.25) is 0 Å². The summed E-state index contributed by atoms with van der Waals surface area (Å²) in [6, 6.07) is 1.82. The van der Waals surface area contributed by atoms with Gasteiger partial charge in [-0.1, -0.05) is 0 Å². The molecule has 0 bridgehead atoms. The Hall–Kier alpha value is -1.85. The van der Waals surface area contributed by atoms with Crippen LogP contribution in [0.5, 0.6) is 0 Å². The van der Waals surface area contributed by atoms with Crippen molar-refractivity contribution < 1.29 is 9.59 Å². The number of carbonyl (C=O) groups excluding carboxylic acids is 2. The summed E-state index contributed by atoms with van der Waals surface area (Å²) in [7, 11) is 0. The van der Waals surface area contributed by atoms with Gasteiger partial charge in [-0.2, -0.15) is 5.10 Å². The van der Waals surface area contributed by atoms with Crippen molar-refractivity contribution in [1.29, 1.82) is 0 Å². The topological polar surface area (TPSA) is 78.1 Å². The molecular weight excluding hydrogens is 244 g/mol. The SMILES string of the molecule is O=C1CC2(CCN(C(=O)Cc3ccn[nH]3)CC2)CN1. The van der Waals surface area contributed by atoms with E-state index in [4.69, 9.17) is 0 Å². The fourth-order valence-electron chi connectivity index (χ4n) is 2.99. The Morgan fingerprint density at radius 1 is 1.42 bits per heavy atom. The van der Waals surface area contributed by atoms with Crippen molar-refractivity contribution in [2.45, 2.75) is 25.7 Å². The van der Waals surface area contributed by atoms with Crippen molar-refractivity contribution in [2.75, 3.05) is 19.6 Å². The summed E-state index contributed by atoms with van der Waals surface area (Å²) in [6.45, 7) is 2.28. The number of rotatable bonds is 2. The zero-order valence-corrected chi connectivity index (χ0v) is 10.8. The molecule has 1 spiro atoms.